The Morgan fingerprint density at radius 2 is 2.05 bits per heavy atom. The van der Waals surface area contributed by atoms with E-state index < -0.39 is 5.97 Å². The number of amides is 2. The SMILES string of the molecule is CC(CN(C)C)NC(=O)NCC1CCCC1C(=O)O. The van der Waals surface area contributed by atoms with Gasteiger partial charge >= 0.3 is 12.0 Å². The van der Waals surface area contributed by atoms with Crippen LogP contribution in [-0.2, 0) is 4.79 Å². The van der Waals surface area contributed by atoms with Crippen molar-refractivity contribution < 1.29 is 14.7 Å². The van der Waals surface area contributed by atoms with Crippen LogP contribution in [0, 0.1) is 11.8 Å². The van der Waals surface area contributed by atoms with Crippen molar-refractivity contribution in [1.29, 1.82) is 0 Å². The van der Waals surface area contributed by atoms with Crippen molar-refractivity contribution in [3.63, 3.8) is 0 Å². The van der Waals surface area contributed by atoms with Crippen molar-refractivity contribution in [3.8, 4) is 0 Å². The lowest BCUT2D eigenvalue weighted by Gasteiger charge is -2.20. The topological polar surface area (TPSA) is 81.7 Å². The molecule has 0 aromatic rings. The molecule has 0 bridgehead atoms. The van der Waals surface area contributed by atoms with E-state index in [-0.39, 0.29) is 23.9 Å². The summed E-state index contributed by atoms with van der Waals surface area (Å²) in [4.78, 5) is 24.7. The molecule has 3 atom stereocenters. The Morgan fingerprint density at radius 1 is 1.37 bits per heavy atom. The van der Waals surface area contributed by atoms with Gasteiger partial charge in [0, 0.05) is 19.1 Å². The molecule has 6 heteroatoms. The van der Waals surface area contributed by atoms with Crippen molar-refractivity contribution in [1.82, 2.24) is 15.5 Å². The van der Waals surface area contributed by atoms with Gasteiger partial charge in [0.05, 0.1) is 5.92 Å². The number of hydrogen-bond donors (Lipinski definition) is 3. The zero-order valence-corrected chi connectivity index (χ0v) is 12.0. The largest absolute Gasteiger partial charge is 0.481 e. The van der Waals surface area contributed by atoms with E-state index in [1.807, 2.05) is 25.9 Å². The third-order valence-electron chi connectivity index (χ3n) is 3.52. The predicted molar refractivity (Wildman–Crippen MR) is 73.0 cm³/mol. The molecule has 1 saturated carbocycles. The molecule has 0 aromatic heterocycles. The normalized spacial score (nSPS) is 24.2. The minimum absolute atomic E-state index is 0.0624. The van der Waals surface area contributed by atoms with Crippen molar-refractivity contribution in [2.24, 2.45) is 11.8 Å². The highest BCUT2D eigenvalue weighted by molar-refractivity contribution is 5.74. The molecule has 0 spiro atoms. The molecular formula is C13H25N3O3. The lowest BCUT2D eigenvalue weighted by atomic mass is 9.96. The van der Waals surface area contributed by atoms with Crippen LogP contribution in [0.1, 0.15) is 26.2 Å². The fourth-order valence-electron chi connectivity index (χ4n) is 2.70. The second kappa shape index (κ2) is 7.33. The molecule has 1 rings (SSSR count). The zero-order chi connectivity index (χ0) is 14.4. The van der Waals surface area contributed by atoms with E-state index >= 15 is 0 Å². The standard InChI is InChI=1S/C13H25N3O3/c1-9(8-16(2)3)15-13(19)14-7-10-5-4-6-11(10)12(17)18/h9-11H,4-8H2,1-3H3,(H,17,18)(H2,14,15,19). The zero-order valence-electron chi connectivity index (χ0n) is 12.0. The van der Waals surface area contributed by atoms with Gasteiger partial charge in [-0.05, 0) is 39.8 Å². The summed E-state index contributed by atoms with van der Waals surface area (Å²) in [5.74, 6) is -0.988. The highest BCUT2D eigenvalue weighted by atomic mass is 16.4. The van der Waals surface area contributed by atoms with Gasteiger partial charge in [-0.3, -0.25) is 4.79 Å². The molecule has 2 amide bonds. The molecule has 0 radical (unpaired) electrons. The molecule has 19 heavy (non-hydrogen) atoms. The molecule has 110 valence electrons. The maximum Gasteiger partial charge on any atom is 0.315 e. The van der Waals surface area contributed by atoms with Crippen molar-refractivity contribution >= 4 is 12.0 Å². The summed E-state index contributed by atoms with van der Waals surface area (Å²) < 4.78 is 0. The molecule has 0 aliphatic heterocycles. The molecule has 3 N–H and O–H groups in total. The molecule has 3 unspecified atom stereocenters. The summed E-state index contributed by atoms with van der Waals surface area (Å²) in [6.07, 6.45) is 2.53. The van der Waals surface area contributed by atoms with Crippen molar-refractivity contribution in [3.05, 3.63) is 0 Å². The van der Waals surface area contributed by atoms with Crippen LogP contribution in [0.4, 0.5) is 4.79 Å². The van der Waals surface area contributed by atoms with Crippen LogP contribution in [0.2, 0.25) is 0 Å². The van der Waals surface area contributed by atoms with Crippen LogP contribution in [-0.4, -0.2) is 55.2 Å². The van der Waals surface area contributed by atoms with Crippen LogP contribution in [0.25, 0.3) is 0 Å². The minimum Gasteiger partial charge on any atom is -0.481 e. The van der Waals surface area contributed by atoms with Gasteiger partial charge in [0.15, 0.2) is 0 Å². The van der Waals surface area contributed by atoms with E-state index in [4.69, 9.17) is 5.11 Å². The first-order valence-electron chi connectivity index (χ1n) is 6.82. The first-order chi connectivity index (χ1) is 8.90. The van der Waals surface area contributed by atoms with Crippen molar-refractivity contribution in [2.45, 2.75) is 32.2 Å². The number of aliphatic carboxylic acids is 1. The quantitative estimate of drug-likeness (QED) is 0.665. The van der Waals surface area contributed by atoms with Gasteiger partial charge in [-0.2, -0.15) is 0 Å². The van der Waals surface area contributed by atoms with E-state index in [1.165, 1.54) is 0 Å². The summed E-state index contributed by atoms with van der Waals surface area (Å²) in [6, 6.07) is -0.153. The van der Waals surface area contributed by atoms with E-state index in [0.717, 1.165) is 25.8 Å². The molecule has 1 aliphatic carbocycles. The summed E-state index contributed by atoms with van der Waals surface area (Å²) >= 11 is 0. The molecular weight excluding hydrogens is 246 g/mol. The summed E-state index contributed by atoms with van der Waals surface area (Å²) in [5.41, 5.74) is 0. The summed E-state index contributed by atoms with van der Waals surface area (Å²) in [6.45, 7) is 3.15. The maximum absolute atomic E-state index is 11.7. The van der Waals surface area contributed by atoms with Gasteiger partial charge in [0.25, 0.3) is 0 Å². The molecule has 6 nitrogen and oxygen atoms in total. The lowest BCUT2D eigenvalue weighted by Crippen LogP contribution is -2.46. The second-order valence-electron chi connectivity index (χ2n) is 5.65. The third kappa shape index (κ3) is 5.46. The van der Waals surface area contributed by atoms with Gasteiger partial charge in [-0.15, -0.1) is 0 Å². The smallest absolute Gasteiger partial charge is 0.315 e. The van der Waals surface area contributed by atoms with Crippen LogP contribution < -0.4 is 10.6 Å². The monoisotopic (exact) mass is 271 g/mol. The van der Waals surface area contributed by atoms with E-state index in [2.05, 4.69) is 10.6 Å². The number of nitrogens with zero attached hydrogens (tertiary/aromatic N) is 1. The molecule has 0 aromatic carbocycles. The molecule has 0 saturated heterocycles. The molecule has 1 aliphatic rings. The van der Waals surface area contributed by atoms with E-state index in [1.54, 1.807) is 0 Å². The van der Waals surface area contributed by atoms with Crippen LogP contribution in [0.15, 0.2) is 0 Å². The first-order valence-corrected chi connectivity index (χ1v) is 6.82. The Hall–Kier alpha value is -1.30. The van der Waals surface area contributed by atoms with Gasteiger partial charge in [-0.25, -0.2) is 4.79 Å². The number of likely N-dealkylation sites (N-methyl/N-ethyl adjacent to an activating group) is 1. The number of hydrogen-bond acceptors (Lipinski definition) is 3. The van der Waals surface area contributed by atoms with Gasteiger partial charge < -0.3 is 20.6 Å². The van der Waals surface area contributed by atoms with Crippen LogP contribution in [0.3, 0.4) is 0 Å². The van der Waals surface area contributed by atoms with Gasteiger partial charge in [-0.1, -0.05) is 6.42 Å². The summed E-state index contributed by atoms with van der Waals surface area (Å²) in [5, 5.41) is 14.7. The van der Waals surface area contributed by atoms with E-state index in [9.17, 15) is 9.59 Å². The first kappa shape index (κ1) is 15.8. The Kier molecular flexibility index (Phi) is 6.08. The van der Waals surface area contributed by atoms with E-state index in [0.29, 0.717) is 6.54 Å². The fourth-order valence-corrected chi connectivity index (χ4v) is 2.70. The number of carbonyl (C=O) groups excluding carboxylic acids is 1. The fraction of sp³-hybridized carbons (Fsp3) is 0.846. The number of carboxylic acids is 1. The Morgan fingerprint density at radius 3 is 2.63 bits per heavy atom. The average molecular weight is 271 g/mol. The average Bonchev–Trinajstić information content (AvgIpc) is 2.73. The number of rotatable bonds is 6. The van der Waals surface area contributed by atoms with Gasteiger partial charge in [0.2, 0.25) is 0 Å². The minimum atomic E-state index is -0.745. The highest BCUT2D eigenvalue weighted by Crippen LogP contribution is 2.31. The number of carbonyl (C=O) groups is 2. The number of nitrogens with one attached hydrogen (secondary N) is 2. The third-order valence-corrected chi connectivity index (χ3v) is 3.52. The van der Waals surface area contributed by atoms with Crippen LogP contribution in [0.5, 0.6) is 0 Å². The Bertz CT molecular complexity index is 320. The van der Waals surface area contributed by atoms with Crippen LogP contribution >= 0.6 is 0 Å². The molecule has 0 heterocycles. The number of carboxylic acid groups (broad SMARTS) is 1. The predicted octanol–water partition coefficient (Wildman–Crippen LogP) is 0.737. The van der Waals surface area contributed by atoms with Crippen molar-refractivity contribution in [2.75, 3.05) is 27.2 Å². The van der Waals surface area contributed by atoms with Gasteiger partial charge in [0.1, 0.15) is 0 Å². The Labute approximate surface area is 114 Å². The second-order valence-corrected chi connectivity index (χ2v) is 5.65. The number of urea groups is 1. The summed E-state index contributed by atoms with van der Waals surface area (Å²) in [7, 11) is 3.90. The highest BCUT2D eigenvalue weighted by Gasteiger charge is 2.32. The maximum atomic E-state index is 11.7. The molecule has 1 fully saturated rings. The Balaban J connectivity index is 2.28. The lowest BCUT2D eigenvalue weighted by molar-refractivity contribution is -0.142.